The molecule has 1 unspecified atom stereocenters. The number of nitrogens with one attached hydrogen (secondary N) is 1. The molecular formula is C27H31FN4O3S. The lowest BCUT2D eigenvalue weighted by molar-refractivity contribution is -0.139. The molecule has 36 heavy (non-hydrogen) atoms. The number of hydrogen-bond acceptors (Lipinski definition) is 7. The zero-order valence-corrected chi connectivity index (χ0v) is 21.6. The van der Waals surface area contributed by atoms with Crippen LogP contribution in [-0.2, 0) is 15.3 Å². The van der Waals surface area contributed by atoms with E-state index in [0.717, 1.165) is 30.6 Å². The molecule has 1 aliphatic heterocycles. The maximum absolute atomic E-state index is 14.1. The molecule has 0 spiro atoms. The Morgan fingerprint density at radius 3 is 2.61 bits per heavy atom. The number of halogens is 1. The van der Waals surface area contributed by atoms with Gasteiger partial charge in [-0.3, -0.25) is 0 Å². The first kappa shape index (κ1) is 25.8. The predicted molar refractivity (Wildman–Crippen MR) is 139 cm³/mol. The number of carbonyl (C=O) groups is 1. The van der Waals surface area contributed by atoms with Gasteiger partial charge in [0.1, 0.15) is 17.6 Å². The largest absolute Gasteiger partial charge is 0.494 e. The minimum atomic E-state index is -0.523. The fraction of sp³-hybridized carbons (Fsp3) is 0.370. The summed E-state index contributed by atoms with van der Waals surface area (Å²) in [6, 6.07) is 13.8. The Labute approximate surface area is 215 Å². The molecule has 4 rings (SSSR count). The number of aromatic nitrogens is 3. The molecule has 1 aromatic heterocycles. The van der Waals surface area contributed by atoms with Crippen molar-refractivity contribution in [2.45, 2.75) is 57.0 Å². The third-order valence-electron chi connectivity index (χ3n) is 5.77. The molecule has 1 atom stereocenters. The molecule has 0 radical (unpaired) electrons. The Kier molecular flexibility index (Phi) is 8.64. The highest BCUT2D eigenvalue weighted by Crippen LogP contribution is 2.37. The van der Waals surface area contributed by atoms with Crippen molar-refractivity contribution < 1.29 is 18.7 Å². The Hall–Kier alpha value is -3.33. The van der Waals surface area contributed by atoms with Gasteiger partial charge in [-0.05, 0) is 49.1 Å². The predicted octanol–water partition coefficient (Wildman–Crippen LogP) is 6.13. The standard InChI is InChI=1S/C27H31FN4O3S/c1-4-6-16-34-21-13-11-19(12-14-21)24-23(25(33)35-15-5-2)18(3)29-26-30-27(31-32(24)26)36-17-20-9-7-8-10-22(20)28/h7-14,24H,4-6,15-17H2,1-3H3,(H,29,30,31). The Morgan fingerprint density at radius 2 is 1.89 bits per heavy atom. The molecule has 0 fully saturated rings. The molecule has 0 bridgehead atoms. The second kappa shape index (κ2) is 12.1. The van der Waals surface area contributed by atoms with Gasteiger partial charge in [-0.25, -0.2) is 13.9 Å². The number of ether oxygens (including phenoxy) is 2. The van der Waals surface area contributed by atoms with Gasteiger partial charge < -0.3 is 14.8 Å². The fourth-order valence-electron chi connectivity index (χ4n) is 3.88. The molecule has 0 saturated heterocycles. The molecule has 7 nitrogen and oxygen atoms in total. The fourth-order valence-corrected chi connectivity index (χ4v) is 4.69. The van der Waals surface area contributed by atoms with E-state index in [1.807, 2.05) is 38.1 Å². The van der Waals surface area contributed by atoms with Crippen LogP contribution in [0.1, 0.15) is 57.2 Å². The number of thioether (sulfide) groups is 1. The van der Waals surface area contributed by atoms with E-state index in [2.05, 4.69) is 17.2 Å². The third-order valence-corrected chi connectivity index (χ3v) is 6.65. The number of benzene rings is 2. The molecule has 0 amide bonds. The lowest BCUT2D eigenvalue weighted by Gasteiger charge is -2.28. The van der Waals surface area contributed by atoms with E-state index < -0.39 is 12.0 Å². The van der Waals surface area contributed by atoms with Crippen LogP contribution < -0.4 is 10.1 Å². The summed E-state index contributed by atoms with van der Waals surface area (Å²) in [4.78, 5) is 17.7. The van der Waals surface area contributed by atoms with Crippen LogP contribution in [0.5, 0.6) is 5.75 Å². The molecule has 3 aromatic rings. The summed E-state index contributed by atoms with van der Waals surface area (Å²) in [6.07, 6.45) is 2.78. The van der Waals surface area contributed by atoms with E-state index in [0.29, 0.717) is 46.9 Å². The zero-order chi connectivity index (χ0) is 25.5. The van der Waals surface area contributed by atoms with Gasteiger partial charge in [-0.1, -0.05) is 62.4 Å². The van der Waals surface area contributed by atoms with Crippen LogP contribution in [0.3, 0.4) is 0 Å². The monoisotopic (exact) mass is 510 g/mol. The normalized spacial score (nSPS) is 14.8. The summed E-state index contributed by atoms with van der Waals surface area (Å²) in [6.45, 7) is 6.90. The molecule has 0 saturated carbocycles. The third kappa shape index (κ3) is 5.90. The van der Waals surface area contributed by atoms with Crippen molar-refractivity contribution in [1.29, 1.82) is 0 Å². The van der Waals surface area contributed by atoms with Crippen molar-refractivity contribution >= 4 is 23.7 Å². The van der Waals surface area contributed by atoms with Gasteiger partial charge in [-0.2, -0.15) is 4.98 Å². The van der Waals surface area contributed by atoms with Crippen LogP contribution in [0.2, 0.25) is 0 Å². The highest BCUT2D eigenvalue weighted by molar-refractivity contribution is 7.98. The van der Waals surface area contributed by atoms with Gasteiger partial charge in [0.15, 0.2) is 0 Å². The molecule has 1 aliphatic rings. The van der Waals surface area contributed by atoms with Gasteiger partial charge in [0.25, 0.3) is 0 Å². The topological polar surface area (TPSA) is 78.3 Å². The Morgan fingerprint density at radius 1 is 1.11 bits per heavy atom. The van der Waals surface area contributed by atoms with E-state index in [9.17, 15) is 9.18 Å². The number of nitrogens with zero attached hydrogens (tertiary/aromatic N) is 3. The first-order valence-electron chi connectivity index (χ1n) is 12.2. The summed E-state index contributed by atoms with van der Waals surface area (Å²) in [7, 11) is 0. The van der Waals surface area contributed by atoms with Gasteiger partial charge in [0.05, 0.1) is 18.8 Å². The number of anilines is 1. The zero-order valence-electron chi connectivity index (χ0n) is 20.8. The van der Waals surface area contributed by atoms with Gasteiger partial charge in [0.2, 0.25) is 11.1 Å². The lowest BCUT2D eigenvalue weighted by atomic mass is 9.96. The molecule has 190 valence electrons. The summed E-state index contributed by atoms with van der Waals surface area (Å²) < 4.78 is 27.1. The average molecular weight is 511 g/mol. The molecule has 0 aliphatic carbocycles. The SMILES string of the molecule is CCCCOc1ccc(C2C(C(=O)OCCC)=C(C)Nc3nc(SCc4ccccc4F)nn32)cc1. The van der Waals surface area contributed by atoms with Crippen molar-refractivity contribution in [1.82, 2.24) is 14.8 Å². The molecule has 1 N–H and O–H groups in total. The smallest absolute Gasteiger partial charge is 0.338 e. The second-order valence-electron chi connectivity index (χ2n) is 8.52. The average Bonchev–Trinajstić information content (AvgIpc) is 3.29. The van der Waals surface area contributed by atoms with E-state index in [4.69, 9.17) is 14.6 Å². The van der Waals surface area contributed by atoms with E-state index in [1.54, 1.807) is 22.9 Å². The van der Waals surface area contributed by atoms with Crippen LogP contribution in [0, 0.1) is 5.82 Å². The summed E-state index contributed by atoms with van der Waals surface area (Å²) in [5, 5.41) is 8.38. The molecular weight excluding hydrogens is 479 g/mol. The Balaban J connectivity index is 1.64. The minimum absolute atomic E-state index is 0.260. The summed E-state index contributed by atoms with van der Waals surface area (Å²) >= 11 is 1.34. The number of carbonyl (C=O) groups excluding carboxylic acids is 1. The quantitative estimate of drug-likeness (QED) is 0.189. The first-order valence-corrected chi connectivity index (χ1v) is 13.2. The highest BCUT2D eigenvalue weighted by Gasteiger charge is 2.35. The van der Waals surface area contributed by atoms with Crippen molar-refractivity contribution in [3.05, 3.63) is 76.7 Å². The van der Waals surface area contributed by atoms with Crippen LogP contribution in [0.4, 0.5) is 10.3 Å². The van der Waals surface area contributed by atoms with Crippen LogP contribution in [-0.4, -0.2) is 33.9 Å². The van der Waals surface area contributed by atoms with Crippen molar-refractivity contribution in [3.63, 3.8) is 0 Å². The number of unbranched alkanes of at least 4 members (excludes halogenated alkanes) is 1. The van der Waals surface area contributed by atoms with E-state index >= 15 is 0 Å². The van der Waals surface area contributed by atoms with E-state index in [-0.39, 0.29) is 5.82 Å². The number of fused-ring (bicyclic) bond motifs is 1. The molecule has 2 heterocycles. The van der Waals surface area contributed by atoms with Crippen molar-refractivity contribution in [2.75, 3.05) is 18.5 Å². The molecule has 9 heteroatoms. The first-order chi connectivity index (χ1) is 17.5. The van der Waals surface area contributed by atoms with Gasteiger partial charge in [0, 0.05) is 11.4 Å². The van der Waals surface area contributed by atoms with Crippen LogP contribution >= 0.6 is 11.8 Å². The second-order valence-corrected chi connectivity index (χ2v) is 9.46. The van der Waals surface area contributed by atoms with Gasteiger partial charge >= 0.3 is 5.97 Å². The number of hydrogen-bond donors (Lipinski definition) is 1. The van der Waals surface area contributed by atoms with Crippen molar-refractivity contribution in [2.24, 2.45) is 0 Å². The maximum atomic E-state index is 14.1. The highest BCUT2D eigenvalue weighted by atomic mass is 32.2. The maximum Gasteiger partial charge on any atom is 0.338 e. The lowest BCUT2D eigenvalue weighted by Crippen LogP contribution is -2.29. The number of rotatable bonds is 11. The summed E-state index contributed by atoms with van der Waals surface area (Å²) in [5.74, 6) is 1.03. The number of esters is 1. The van der Waals surface area contributed by atoms with Crippen LogP contribution in [0.15, 0.2) is 65.0 Å². The van der Waals surface area contributed by atoms with E-state index in [1.165, 1.54) is 17.8 Å². The van der Waals surface area contributed by atoms with Crippen LogP contribution in [0.25, 0.3) is 0 Å². The summed E-state index contributed by atoms with van der Waals surface area (Å²) in [5.41, 5.74) is 2.58. The Bertz CT molecular complexity index is 1230. The molecule has 2 aromatic carbocycles. The minimum Gasteiger partial charge on any atom is -0.494 e. The van der Waals surface area contributed by atoms with Crippen molar-refractivity contribution in [3.8, 4) is 5.75 Å². The number of allylic oxidation sites excluding steroid dienone is 1. The van der Waals surface area contributed by atoms with Gasteiger partial charge in [-0.15, -0.1) is 5.10 Å².